The standard InChI is InChI=1S/C18H22FN3/c1-14-5-7-16(8-6-14)17-10-18(13-21-12-17)22(19)9-3-4-15(2)11-20/h3-8,11-13,21H,9-10,20H2,1-2H3/b4-3-,15-11-. The van der Waals surface area contributed by atoms with Crippen molar-refractivity contribution in [3.63, 3.8) is 0 Å². The van der Waals surface area contributed by atoms with Crippen LogP contribution in [-0.4, -0.2) is 11.7 Å². The Morgan fingerprint density at radius 3 is 2.73 bits per heavy atom. The van der Waals surface area contributed by atoms with Gasteiger partial charge in [-0.05, 0) is 36.8 Å². The molecule has 0 radical (unpaired) electrons. The summed E-state index contributed by atoms with van der Waals surface area (Å²) in [5, 5.41) is 3.77. The molecule has 0 spiro atoms. The zero-order chi connectivity index (χ0) is 15.9. The molecule has 22 heavy (non-hydrogen) atoms. The van der Waals surface area contributed by atoms with Gasteiger partial charge < -0.3 is 11.1 Å². The predicted molar refractivity (Wildman–Crippen MR) is 89.9 cm³/mol. The fraction of sp³-hybridized carbons (Fsp3) is 0.222. The van der Waals surface area contributed by atoms with Crippen LogP contribution in [0.4, 0.5) is 4.48 Å². The van der Waals surface area contributed by atoms with Gasteiger partial charge in [0, 0.05) is 18.8 Å². The molecule has 3 nitrogen and oxygen atoms in total. The number of nitrogens with two attached hydrogens (primary N) is 1. The van der Waals surface area contributed by atoms with Crippen LogP contribution in [0.3, 0.4) is 0 Å². The van der Waals surface area contributed by atoms with Crippen LogP contribution in [-0.2, 0) is 0 Å². The molecule has 0 bridgehead atoms. The van der Waals surface area contributed by atoms with Gasteiger partial charge in [-0.1, -0.05) is 46.5 Å². The van der Waals surface area contributed by atoms with E-state index in [4.69, 9.17) is 5.73 Å². The number of aryl methyl sites for hydroxylation is 1. The fourth-order valence-corrected chi connectivity index (χ4v) is 2.15. The van der Waals surface area contributed by atoms with Crippen LogP contribution in [0.2, 0.25) is 0 Å². The molecule has 0 fully saturated rings. The second kappa shape index (κ2) is 7.50. The van der Waals surface area contributed by atoms with Crippen LogP contribution in [0.5, 0.6) is 0 Å². The van der Waals surface area contributed by atoms with E-state index in [1.54, 1.807) is 18.4 Å². The van der Waals surface area contributed by atoms with E-state index in [0.717, 1.165) is 21.8 Å². The summed E-state index contributed by atoms with van der Waals surface area (Å²) in [5.74, 6) is 0. The van der Waals surface area contributed by atoms with Gasteiger partial charge in [0.1, 0.15) is 0 Å². The first-order valence-electron chi connectivity index (χ1n) is 7.29. The summed E-state index contributed by atoms with van der Waals surface area (Å²) in [5.41, 5.74) is 10.3. The average Bonchev–Trinajstić information content (AvgIpc) is 2.55. The van der Waals surface area contributed by atoms with E-state index in [0.29, 0.717) is 12.1 Å². The van der Waals surface area contributed by atoms with Crippen molar-refractivity contribution >= 4 is 5.57 Å². The van der Waals surface area contributed by atoms with Gasteiger partial charge >= 0.3 is 0 Å². The number of hydrogen-bond donors (Lipinski definition) is 2. The molecule has 1 aliphatic rings. The van der Waals surface area contributed by atoms with E-state index in [1.165, 1.54) is 11.8 Å². The molecule has 0 unspecified atom stereocenters. The van der Waals surface area contributed by atoms with Gasteiger partial charge in [0.15, 0.2) is 0 Å². The summed E-state index contributed by atoms with van der Waals surface area (Å²) in [6, 6.07) is 8.24. The molecule has 1 aromatic rings. The lowest BCUT2D eigenvalue weighted by Crippen LogP contribution is -2.18. The van der Waals surface area contributed by atoms with Crippen molar-refractivity contribution < 1.29 is 4.48 Å². The Labute approximate surface area is 131 Å². The largest absolute Gasteiger partial charge is 0.404 e. The SMILES string of the molecule is CC(/C=C\CN(F)C1=CNC=C(c2ccc(C)cc2)C1)=C/N. The summed E-state index contributed by atoms with van der Waals surface area (Å²) in [7, 11) is 0. The fourth-order valence-electron chi connectivity index (χ4n) is 2.15. The molecule has 1 aliphatic heterocycles. The Kier molecular flexibility index (Phi) is 5.42. The molecule has 116 valence electrons. The maximum Gasteiger partial charge on any atom is 0.0687 e. The highest BCUT2D eigenvalue weighted by molar-refractivity contribution is 5.68. The zero-order valence-electron chi connectivity index (χ0n) is 13.0. The van der Waals surface area contributed by atoms with Crippen molar-refractivity contribution in [3.05, 3.63) is 77.4 Å². The van der Waals surface area contributed by atoms with Gasteiger partial charge in [-0.2, -0.15) is 0 Å². The Morgan fingerprint density at radius 1 is 1.32 bits per heavy atom. The van der Waals surface area contributed by atoms with Crippen LogP contribution in [0.25, 0.3) is 5.57 Å². The zero-order valence-corrected chi connectivity index (χ0v) is 13.0. The number of dihydropyridines is 1. The van der Waals surface area contributed by atoms with Crippen LogP contribution < -0.4 is 11.1 Å². The molecule has 0 aliphatic carbocycles. The normalized spacial score (nSPS) is 15.3. The van der Waals surface area contributed by atoms with E-state index < -0.39 is 0 Å². The molecule has 0 amide bonds. The molecule has 3 N–H and O–H groups in total. The van der Waals surface area contributed by atoms with Crippen LogP contribution >= 0.6 is 0 Å². The molecule has 0 atom stereocenters. The molecule has 1 heterocycles. The lowest BCUT2D eigenvalue weighted by molar-refractivity contribution is 0.0830. The van der Waals surface area contributed by atoms with Gasteiger partial charge in [0.25, 0.3) is 0 Å². The van der Waals surface area contributed by atoms with Crippen LogP contribution in [0.1, 0.15) is 24.5 Å². The minimum absolute atomic E-state index is 0.194. The molecule has 4 heteroatoms. The highest BCUT2D eigenvalue weighted by Crippen LogP contribution is 2.26. The average molecular weight is 299 g/mol. The highest BCUT2D eigenvalue weighted by atomic mass is 19.2. The van der Waals surface area contributed by atoms with Crippen molar-refractivity contribution in [2.45, 2.75) is 20.3 Å². The smallest absolute Gasteiger partial charge is 0.0687 e. The Morgan fingerprint density at radius 2 is 2.05 bits per heavy atom. The minimum atomic E-state index is 0.194. The van der Waals surface area contributed by atoms with Gasteiger partial charge in [0.05, 0.1) is 12.2 Å². The second-order valence-electron chi connectivity index (χ2n) is 5.37. The molecule has 1 aromatic carbocycles. The van der Waals surface area contributed by atoms with E-state index in [1.807, 2.05) is 13.1 Å². The van der Waals surface area contributed by atoms with Crippen molar-refractivity contribution in [1.82, 2.24) is 10.4 Å². The molecule has 0 saturated carbocycles. The number of halogens is 1. The number of nitrogens with zero attached hydrogens (tertiary/aromatic N) is 1. The maximum absolute atomic E-state index is 14.2. The number of hydrogen-bond acceptors (Lipinski definition) is 3. The molecule has 2 rings (SSSR count). The third-order valence-corrected chi connectivity index (χ3v) is 3.52. The Balaban J connectivity index is 1.98. The van der Waals surface area contributed by atoms with Gasteiger partial charge in [-0.3, -0.25) is 0 Å². The summed E-state index contributed by atoms with van der Waals surface area (Å²) >= 11 is 0. The van der Waals surface area contributed by atoms with Crippen LogP contribution in [0.15, 0.2) is 66.3 Å². The predicted octanol–water partition coefficient (Wildman–Crippen LogP) is 3.78. The van der Waals surface area contributed by atoms with E-state index >= 15 is 0 Å². The number of allylic oxidation sites excluding steroid dienone is 3. The quantitative estimate of drug-likeness (QED) is 0.642. The summed E-state index contributed by atoms with van der Waals surface area (Å²) in [6.45, 7) is 4.12. The monoisotopic (exact) mass is 299 g/mol. The molecule has 0 saturated heterocycles. The van der Waals surface area contributed by atoms with Crippen molar-refractivity contribution in [2.24, 2.45) is 5.73 Å². The highest BCUT2D eigenvalue weighted by Gasteiger charge is 2.14. The first-order chi connectivity index (χ1) is 10.6. The molecule has 0 aromatic heterocycles. The van der Waals surface area contributed by atoms with Crippen molar-refractivity contribution in [3.8, 4) is 0 Å². The summed E-state index contributed by atoms with van der Waals surface area (Å²) in [6.07, 6.45) is 9.23. The van der Waals surface area contributed by atoms with Crippen molar-refractivity contribution in [2.75, 3.05) is 6.54 Å². The maximum atomic E-state index is 14.2. The Bertz CT molecular complexity index is 624. The third-order valence-electron chi connectivity index (χ3n) is 3.52. The molecular formula is C18H22FN3. The van der Waals surface area contributed by atoms with E-state index in [-0.39, 0.29) is 6.54 Å². The topological polar surface area (TPSA) is 41.3 Å². The summed E-state index contributed by atoms with van der Waals surface area (Å²) < 4.78 is 14.2. The number of rotatable bonds is 5. The second-order valence-corrected chi connectivity index (χ2v) is 5.37. The number of nitrogens with one attached hydrogen (secondary N) is 1. The van der Waals surface area contributed by atoms with Crippen LogP contribution in [0, 0.1) is 6.92 Å². The third kappa shape index (κ3) is 4.25. The van der Waals surface area contributed by atoms with E-state index in [9.17, 15) is 4.48 Å². The van der Waals surface area contributed by atoms with Gasteiger partial charge in [-0.25, -0.2) is 5.12 Å². The number of benzene rings is 1. The first-order valence-corrected chi connectivity index (χ1v) is 7.29. The lowest BCUT2D eigenvalue weighted by atomic mass is 9.99. The lowest BCUT2D eigenvalue weighted by Gasteiger charge is -2.21. The Hall–Kier alpha value is -2.49. The minimum Gasteiger partial charge on any atom is -0.404 e. The van der Waals surface area contributed by atoms with Gasteiger partial charge in [0.2, 0.25) is 0 Å². The van der Waals surface area contributed by atoms with Crippen molar-refractivity contribution in [1.29, 1.82) is 0 Å². The van der Waals surface area contributed by atoms with Gasteiger partial charge in [-0.15, -0.1) is 0 Å². The summed E-state index contributed by atoms with van der Waals surface area (Å²) in [4.78, 5) is 0. The first kappa shape index (κ1) is 15.9. The van der Waals surface area contributed by atoms with E-state index in [2.05, 4.69) is 36.5 Å². The molecular weight excluding hydrogens is 277 g/mol.